The number of hydrogen-bond donors (Lipinski definition) is 1. The van der Waals surface area contributed by atoms with Gasteiger partial charge in [-0.05, 0) is 36.4 Å². The van der Waals surface area contributed by atoms with Gasteiger partial charge in [0.2, 0.25) is 0 Å². The van der Waals surface area contributed by atoms with Crippen molar-refractivity contribution in [3.05, 3.63) is 48.2 Å². The van der Waals surface area contributed by atoms with Crippen LogP contribution in [0.15, 0.2) is 42.6 Å². The molecule has 7 heteroatoms. The van der Waals surface area contributed by atoms with Crippen LogP contribution in [0.1, 0.15) is 5.56 Å². The van der Waals surface area contributed by atoms with Gasteiger partial charge in [0.05, 0.1) is 5.56 Å². The van der Waals surface area contributed by atoms with E-state index in [0.29, 0.717) is 17.1 Å². The van der Waals surface area contributed by atoms with E-state index in [1.165, 1.54) is 30.5 Å². The zero-order valence-corrected chi connectivity index (χ0v) is 9.98. The molecule has 2 rings (SSSR count). The molecule has 4 nitrogen and oxygen atoms in total. The number of halogens is 3. The quantitative estimate of drug-likeness (QED) is 0.932. The number of nitrogens with zero attached hydrogens (tertiary/aromatic N) is 2. The van der Waals surface area contributed by atoms with Crippen LogP contribution in [-0.4, -0.2) is 11.3 Å². The van der Waals surface area contributed by atoms with Crippen LogP contribution in [0, 0.1) is 11.3 Å². The van der Waals surface area contributed by atoms with Crippen molar-refractivity contribution in [3.8, 4) is 11.8 Å². The van der Waals surface area contributed by atoms with E-state index in [9.17, 15) is 13.2 Å². The summed E-state index contributed by atoms with van der Waals surface area (Å²) in [5.41, 5.74) is 0.973. The Morgan fingerprint density at radius 2 is 1.80 bits per heavy atom. The van der Waals surface area contributed by atoms with Crippen molar-refractivity contribution in [1.29, 1.82) is 5.26 Å². The fourth-order valence-electron chi connectivity index (χ4n) is 1.42. The van der Waals surface area contributed by atoms with Crippen LogP contribution >= 0.6 is 0 Å². The summed E-state index contributed by atoms with van der Waals surface area (Å²) >= 11 is 0. The summed E-state index contributed by atoms with van der Waals surface area (Å²) < 4.78 is 39.7. The maximum Gasteiger partial charge on any atom is 0.573 e. The first-order chi connectivity index (χ1) is 9.46. The van der Waals surface area contributed by atoms with Crippen LogP contribution in [0.25, 0.3) is 0 Å². The van der Waals surface area contributed by atoms with E-state index in [1.807, 2.05) is 6.07 Å². The SMILES string of the molecule is N#Cc1ccc(Nc2ccc(OC(F)(F)F)cc2)nc1. The van der Waals surface area contributed by atoms with Crippen molar-refractivity contribution < 1.29 is 17.9 Å². The average Bonchev–Trinajstić information content (AvgIpc) is 2.40. The first-order valence-electron chi connectivity index (χ1n) is 5.45. The molecule has 0 saturated carbocycles. The third-order valence-electron chi connectivity index (χ3n) is 2.25. The number of nitrogens with one attached hydrogen (secondary N) is 1. The Bertz CT molecular complexity index is 615. The second kappa shape index (κ2) is 5.48. The minimum absolute atomic E-state index is 0.296. The fourth-order valence-corrected chi connectivity index (χ4v) is 1.42. The van der Waals surface area contributed by atoms with Crippen LogP contribution < -0.4 is 10.1 Å². The molecule has 0 saturated heterocycles. The highest BCUT2D eigenvalue weighted by Gasteiger charge is 2.30. The van der Waals surface area contributed by atoms with E-state index in [4.69, 9.17) is 5.26 Å². The fraction of sp³-hybridized carbons (Fsp3) is 0.0769. The topological polar surface area (TPSA) is 57.9 Å². The van der Waals surface area contributed by atoms with Crippen molar-refractivity contribution in [1.82, 2.24) is 4.98 Å². The summed E-state index contributed by atoms with van der Waals surface area (Å²) in [4.78, 5) is 3.98. The summed E-state index contributed by atoms with van der Waals surface area (Å²) in [6, 6.07) is 10.4. The number of rotatable bonds is 3. The van der Waals surface area contributed by atoms with E-state index < -0.39 is 6.36 Å². The second-order valence-electron chi connectivity index (χ2n) is 3.74. The normalized spacial score (nSPS) is 10.7. The first kappa shape index (κ1) is 13.7. The number of nitriles is 1. The Labute approximate surface area is 112 Å². The third-order valence-corrected chi connectivity index (χ3v) is 2.25. The van der Waals surface area contributed by atoms with E-state index in [-0.39, 0.29) is 5.75 Å². The van der Waals surface area contributed by atoms with E-state index in [1.54, 1.807) is 12.1 Å². The van der Waals surface area contributed by atoms with Gasteiger partial charge in [-0.1, -0.05) is 0 Å². The van der Waals surface area contributed by atoms with Crippen molar-refractivity contribution in [2.45, 2.75) is 6.36 Å². The highest BCUT2D eigenvalue weighted by Crippen LogP contribution is 2.24. The average molecular weight is 279 g/mol. The van der Waals surface area contributed by atoms with Crippen molar-refractivity contribution >= 4 is 11.5 Å². The molecule has 0 bridgehead atoms. The standard InChI is InChI=1S/C13H8F3N3O/c14-13(15,16)20-11-4-2-10(3-5-11)19-12-6-1-9(7-17)8-18-12/h1-6,8H,(H,18,19). The van der Waals surface area contributed by atoms with Gasteiger partial charge in [-0.3, -0.25) is 0 Å². The molecule has 2 aromatic rings. The molecule has 0 aliphatic heterocycles. The number of aromatic nitrogens is 1. The summed E-state index contributed by atoms with van der Waals surface area (Å²) in [6.45, 7) is 0. The molecule has 1 aromatic carbocycles. The van der Waals surface area contributed by atoms with Gasteiger partial charge >= 0.3 is 6.36 Å². The van der Waals surface area contributed by atoms with Crippen molar-refractivity contribution in [3.63, 3.8) is 0 Å². The van der Waals surface area contributed by atoms with Gasteiger partial charge in [0.25, 0.3) is 0 Å². The minimum Gasteiger partial charge on any atom is -0.406 e. The smallest absolute Gasteiger partial charge is 0.406 e. The Balaban J connectivity index is 2.05. The van der Waals surface area contributed by atoms with Gasteiger partial charge in [-0.2, -0.15) is 5.26 Å². The van der Waals surface area contributed by atoms with Crippen molar-refractivity contribution in [2.75, 3.05) is 5.32 Å². The minimum atomic E-state index is -4.70. The largest absolute Gasteiger partial charge is 0.573 e. The van der Waals surface area contributed by atoms with E-state index in [2.05, 4.69) is 15.0 Å². The molecular weight excluding hydrogens is 271 g/mol. The zero-order valence-electron chi connectivity index (χ0n) is 9.98. The lowest BCUT2D eigenvalue weighted by atomic mass is 10.3. The van der Waals surface area contributed by atoms with Gasteiger partial charge in [-0.15, -0.1) is 13.2 Å². The number of ether oxygens (including phenoxy) is 1. The van der Waals surface area contributed by atoms with Crippen LogP contribution in [0.2, 0.25) is 0 Å². The highest BCUT2D eigenvalue weighted by molar-refractivity contribution is 5.57. The van der Waals surface area contributed by atoms with E-state index in [0.717, 1.165) is 0 Å². The Kier molecular flexibility index (Phi) is 3.75. The lowest BCUT2D eigenvalue weighted by Crippen LogP contribution is -2.16. The summed E-state index contributed by atoms with van der Waals surface area (Å²) in [6.07, 6.45) is -3.31. The van der Waals surface area contributed by atoms with E-state index >= 15 is 0 Å². The molecule has 0 aliphatic carbocycles. The Hall–Kier alpha value is -2.75. The van der Waals surface area contributed by atoms with Crippen LogP contribution in [0.4, 0.5) is 24.7 Å². The molecule has 0 unspecified atom stereocenters. The van der Waals surface area contributed by atoms with Gasteiger partial charge < -0.3 is 10.1 Å². The molecular formula is C13H8F3N3O. The molecule has 0 atom stereocenters. The zero-order chi connectivity index (χ0) is 14.6. The number of alkyl halides is 3. The molecule has 1 heterocycles. The molecule has 0 fully saturated rings. The lowest BCUT2D eigenvalue weighted by molar-refractivity contribution is -0.274. The van der Waals surface area contributed by atoms with Crippen LogP contribution in [0.3, 0.4) is 0 Å². The predicted octanol–water partition coefficient (Wildman–Crippen LogP) is 3.60. The molecule has 0 amide bonds. The number of hydrogen-bond acceptors (Lipinski definition) is 4. The highest BCUT2D eigenvalue weighted by atomic mass is 19.4. The lowest BCUT2D eigenvalue weighted by Gasteiger charge is -2.10. The van der Waals surface area contributed by atoms with Gasteiger partial charge in [0.1, 0.15) is 17.6 Å². The molecule has 20 heavy (non-hydrogen) atoms. The number of benzene rings is 1. The molecule has 0 radical (unpaired) electrons. The van der Waals surface area contributed by atoms with Crippen LogP contribution in [0.5, 0.6) is 5.75 Å². The molecule has 102 valence electrons. The molecule has 0 aliphatic rings. The molecule has 0 spiro atoms. The number of pyridine rings is 1. The van der Waals surface area contributed by atoms with Gasteiger partial charge in [-0.25, -0.2) is 4.98 Å². The predicted molar refractivity (Wildman–Crippen MR) is 65.4 cm³/mol. The van der Waals surface area contributed by atoms with Gasteiger partial charge in [0, 0.05) is 11.9 Å². The third kappa shape index (κ3) is 3.88. The summed E-state index contributed by atoms with van der Waals surface area (Å²) in [7, 11) is 0. The monoisotopic (exact) mass is 279 g/mol. The Morgan fingerprint density at radius 3 is 2.30 bits per heavy atom. The maximum absolute atomic E-state index is 12.0. The van der Waals surface area contributed by atoms with Crippen LogP contribution in [-0.2, 0) is 0 Å². The second-order valence-corrected chi connectivity index (χ2v) is 3.74. The molecule has 1 aromatic heterocycles. The summed E-state index contributed by atoms with van der Waals surface area (Å²) in [5.74, 6) is 0.185. The number of anilines is 2. The molecule has 1 N–H and O–H groups in total. The summed E-state index contributed by atoms with van der Waals surface area (Å²) in [5, 5.41) is 11.5. The first-order valence-corrected chi connectivity index (χ1v) is 5.45. The van der Waals surface area contributed by atoms with Crippen molar-refractivity contribution in [2.24, 2.45) is 0 Å². The van der Waals surface area contributed by atoms with Gasteiger partial charge in [0.15, 0.2) is 0 Å². The Morgan fingerprint density at radius 1 is 1.10 bits per heavy atom. The maximum atomic E-state index is 12.0.